The summed E-state index contributed by atoms with van der Waals surface area (Å²) in [5.74, 6) is 0.722. The Morgan fingerprint density at radius 3 is 2.50 bits per heavy atom. The number of halogens is 2. The second kappa shape index (κ2) is 8.54. The van der Waals surface area contributed by atoms with E-state index >= 15 is 0 Å². The van der Waals surface area contributed by atoms with E-state index in [0.29, 0.717) is 40.0 Å². The van der Waals surface area contributed by atoms with Gasteiger partial charge in [-0.3, -0.25) is 4.79 Å². The van der Waals surface area contributed by atoms with Gasteiger partial charge in [-0.1, -0.05) is 41.4 Å². The van der Waals surface area contributed by atoms with Crippen molar-refractivity contribution in [1.29, 1.82) is 0 Å². The van der Waals surface area contributed by atoms with E-state index in [0.717, 1.165) is 5.56 Å². The van der Waals surface area contributed by atoms with Gasteiger partial charge in [0.1, 0.15) is 5.15 Å². The number of nitrogens with zero attached hydrogens (tertiary/aromatic N) is 2. The van der Waals surface area contributed by atoms with E-state index in [1.807, 2.05) is 18.2 Å². The summed E-state index contributed by atoms with van der Waals surface area (Å²) in [7, 11) is 3.08. The van der Waals surface area contributed by atoms with E-state index in [1.54, 1.807) is 43.0 Å². The first-order valence-corrected chi connectivity index (χ1v) is 9.20. The molecule has 1 heterocycles. The summed E-state index contributed by atoms with van der Waals surface area (Å²) in [6.07, 6.45) is 0. The zero-order valence-electron chi connectivity index (χ0n) is 15.6. The van der Waals surface area contributed by atoms with Crippen LogP contribution in [0.15, 0.2) is 42.5 Å². The molecule has 1 aromatic heterocycles. The first kappa shape index (κ1) is 20.0. The number of carbonyl (C=O) groups excluding carboxylic acids is 1. The monoisotopic (exact) mass is 419 g/mol. The molecule has 146 valence electrons. The Morgan fingerprint density at radius 2 is 1.82 bits per heavy atom. The van der Waals surface area contributed by atoms with Gasteiger partial charge in [-0.25, -0.2) is 4.68 Å². The van der Waals surface area contributed by atoms with E-state index in [9.17, 15) is 4.79 Å². The molecule has 0 radical (unpaired) electrons. The second-order valence-electron chi connectivity index (χ2n) is 6.02. The molecule has 0 saturated heterocycles. The van der Waals surface area contributed by atoms with Crippen LogP contribution in [-0.4, -0.2) is 29.9 Å². The number of nitrogens with one attached hydrogen (secondary N) is 1. The van der Waals surface area contributed by atoms with Crippen molar-refractivity contribution in [2.75, 3.05) is 19.5 Å². The lowest BCUT2D eigenvalue weighted by Crippen LogP contribution is -2.13. The standard InChI is InChI=1S/C20H19Cl2N3O3/c1-12-18(19(22)25(24-12)11-13-6-4-5-7-15(13)21)20(26)23-14-8-9-16(27-2)17(10-14)28-3/h4-10H,11H2,1-3H3,(H,23,26). The third-order valence-corrected chi connectivity index (χ3v) is 4.96. The van der Waals surface area contributed by atoms with E-state index < -0.39 is 0 Å². The lowest BCUT2D eigenvalue weighted by atomic mass is 10.2. The van der Waals surface area contributed by atoms with Crippen molar-refractivity contribution in [1.82, 2.24) is 9.78 Å². The van der Waals surface area contributed by atoms with Gasteiger partial charge in [0.05, 0.1) is 32.0 Å². The number of carbonyl (C=O) groups is 1. The molecule has 0 saturated carbocycles. The molecule has 0 bridgehead atoms. The summed E-state index contributed by atoms with van der Waals surface area (Å²) in [6, 6.07) is 12.5. The molecular weight excluding hydrogens is 401 g/mol. The molecular formula is C20H19Cl2N3O3. The zero-order chi connectivity index (χ0) is 20.3. The van der Waals surface area contributed by atoms with Gasteiger partial charge in [0.2, 0.25) is 0 Å². The van der Waals surface area contributed by atoms with Crippen LogP contribution in [0.5, 0.6) is 11.5 Å². The fourth-order valence-electron chi connectivity index (χ4n) is 2.81. The summed E-state index contributed by atoms with van der Waals surface area (Å²) in [6.45, 7) is 2.10. The minimum atomic E-state index is -0.361. The van der Waals surface area contributed by atoms with Gasteiger partial charge in [0.25, 0.3) is 5.91 Å². The quantitative estimate of drug-likeness (QED) is 0.621. The average molecular weight is 420 g/mol. The molecule has 0 unspecified atom stereocenters. The minimum absolute atomic E-state index is 0.246. The van der Waals surface area contributed by atoms with Crippen LogP contribution in [0.3, 0.4) is 0 Å². The minimum Gasteiger partial charge on any atom is -0.493 e. The molecule has 3 rings (SSSR count). The number of methoxy groups -OCH3 is 2. The number of anilines is 1. The summed E-state index contributed by atoms with van der Waals surface area (Å²) in [4.78, 5) is 12.8. The van der Waals surface area contributed by atoms with Crippen LogP contribution in [0.4, 0.5) is 5.69 Å². The first-order chi connectivity index (χ1) is 13.4. The van der Waals surface area contributed by atoms with Crippen LogP contribution in [0, 0.1) is 6.92 Å². The molecule has 8 heteroatoms. The topological polar surface area (TPSA) is 65.4 Å². The first-order valence-electron chi connectivity index (χ1n) is 8.44. The lowest BCUT2D eigenvalue weighted by Gasteiger charge is -2.10. The molecule has 6 nitrogen and oxygen atoms in total. The highest BCUT2D eigenvalue weighted by molar-refractivity contribution is 6.34. The number of rotatable bonds is 6. The van der Waals surface area contributed by atoms with E-state index in [1.165, 1.54) is 7.11 Å². The predicted molar refractivity (Wildman–Crippen MR) is 110 cm³/mol. The van der Waals surface area contributed by atoms with Crippen LogP contribution in [0.1, 0.15) is 21.6 Å². The predicted octanol–water partition coefficient (Wildman–Crippen LogP) is 4.82. The van der Waals surface area contributed by atoms with Crippen molar-refractivity contribution in [3.05, 3.63) is 69.5 Å². The Balaban J connectivity index is 1.85. The second-order valence-corrected chi connectivity index (χ2v) is 6.79. The molecule has 3 aromatic rings. The van der Waals surface area contributed by atoms with Crippen LogP contribution < -0.4 is 14.8 Å². The molecule has 0 fully saturated rings. The van der Waals surface area contributed by atoms with Crippen molar-refractivity contribution < 1.29 is 14.3 Å². The molecule has 0 spiro atoms. The van der Waals surface area contributed by atoms with Crippen molar-refractivity contribution in [2.45, 2.75) is 13.5 Å². The van der Waals surface area contributed by atoms with Crippen LogP contribution in [0.2, 0.25) is 10.2 Å². The highest BCUT2D eigenvalue weighted by Gasteiger charge is 2.21. The number of aromatic nitrogens is 2. The summed E-state index contributed by atoms with van der Waals surface area (Å²) >= 11 is 12.7. The van der Waals surface area contributed by atoms with Crippen LogP contribution in [-0.2, 0) is 6.54 Å². The molecule has 1 amide bonds. The van der Waals surface area contributed by atoms with Gasteiger partial charge in [0, 0.05) is 16.8 Å². The number of hydrogen-bond acceptors (Lipinski definition) is 4. The van der Waals surface area contributed by atoms with Gasteiger partial charge in [-0.05, 0) is 30.7 Å². The third-order valence-electron chi connectivity index (χ3n) is 4.21. The Kier molecular flexibility index (Phi) is 6.11. The summed E-state index contributed by atoms with van der Waals surface area (Å²) in [5, 5.41) is 8.07. The van der Waals surface area contributed by atoms with E-state index in [2.05, 4.69) is 10.4 Å². The molecule has 0 aliphatic carbocycles. The van der Waals surface area contributed by atoms with Crippen molar-refractivity contribution in [2.24, 2.45) is 0 Å². The Bertz CT molecular complexity index is 1020. The van der Waals surface area contributed by atoms with Gasteiger partial charge in [-0.15, -0.1) is 0 Å². The number of benzene rings is 2. The maximum absolute atomic E-state index is 12.8. The molecule has 0 aliphatic heterocycles. The van der Waals surface area contributed by atoms with Gasteiger partial charge in [-0.2, -0.15) is 5.10 Å². The van der Waals surface area contributed by atoms with Crippen molar-refractivity contribution in [3.8, 4) is 11.5 Å². The molecule has 2 aromatic carbocycles. The Hall–Kier alpha value is -2.70. The number of amides is 1. The number of aryl methyl sites for hydroxylation is 1. The smallest absolute Gasteiger partial charge is 0.260 e. The fourth-order valence-corrected chi connectivity index (χ4v) is 3.33. The summed E-state index contributed by atoms with van der Waals surface area (Å²) in [5.41, 5.74) is 2.25. The largest absolute Gasteiger partial charge is 0.493 e. The zero-order valence-corrected chi connectivity index (χ0v) is 17.1. The normalized spacial score (nSPS) is 10.6. The third kappa shape index (κ3) is 4.08. The van der Waals surface area contributed by atoms with Crippen molar-refractivity contribution >= 4 is 34.8 Å². The van der Waals surface area contributed by atoms with Gasteiger partial charge in [0.15, 0.2) is 11.5 Å². The van der Waals surface area contributed by atoms with Gasteiger partial charge >= 0.3 is 0 Å². The molecule has 28 heavy (non-hydrogen) atoms. The highest BCUT2D eigenvalue weighted by Crippen LogP contribution is 2.30. The lowest BCUT2D eigenvalue weighted by molar-refractivity contribution is 0.102. The average Bonchev–Trinajstić information content (AvgIpc) is 2.96. The Morgan fingerprint density at radius 1 is 1.11 bits per heavy atom. The number of ether oxygens (including phenoxy) is 2. The maximum atomic E-state index is 12.8. The highest BCUT2D eigenvalue weighted by atomic mass is 35.5. The van der Waals surface area contributed by atoms with Gasteiger partial charge < -0.3 is 14.8 Å². The Labute approximate surface area is 173 Å². The maximum Gasteiger partial charge on any atom is 0.260 e. The van der Waals surface area contributed by atoms with Crippen LogP contribution in [0.25, 0.3) is 0 Å². The fraction of sp³-hybridized carbons (Fsp3) is 0.200. The molecule has 0 atom stereocenters. The van der Waals surface area contributed by atoms with Crippen LogP contribution >= 0.6 is 23.2 Å². The SMILES string of the molecule is COc1ccc(NC(=O)c2c(C)nn(Cc3ccccc3Cl)c2Cl)cc1OC. The van der Waals surface area contributed by atoms with Crippen molar-refractivity contribution in [3.63, 3.8) is 0 Å². The number of hydrogen-bond donors (Lipinski definition) is 1. The van der Waals surface area contributed by atoms with E-state index in [4.69, 9.17) is 32.7 Å². The summed E-state index contributed by atoms with van der Waals surface area (Å²) < 4.78 is 12.0. The molecule has 1 N–H and O–H groups in total. The molecule has 0 aliphatic rings. The van der Waals surface area contributed by atoms with E-state index in [-0.39, 0.29) is 11.1 Å².